The van der Waals surface area contributed by atoms with Crippen molar-refractivity contribution in [2.45, 2.75) is 58.3 Å². The third-order valence-electron chi connectivity index (χ3n) is 4.89. The maximum absolute atomic E-state index is 11.8. The number of esters is 1. The largest absolute Gasteiger partial charge is 0.468 e. The van der Waals surface area contributed by atoms with Gasteiger partial charge in [0.1, 0.15) is 11.7 Å². The van der Waals surface area contributed by atoms with Crippen molar-refractivity contribution < 1.29 is 19.1 Å². The summed E-state index contributed by atoms with van der Waals surface area (Å²) in [4.78, 5) is 34.8. The number of allylic oxidation sites excluding steroid dienone is 4. The summed E-state index contributed by atoms with van der Waals surface area (Å²) in [6.07, 6.45) is 9.48. The zero-order valence-electron chi connectivity index (χ0n) is 15.5. The van der Waals surface area contributed by atoms with Gasteiger partial charge in [0.25, 0.3) is 0 Å². The summed E-state index contributed by atoms with van der Waals surface area (Å²) in [5.41, 5.74) is 2.35. The lowest BCUT2D eigenvalue weighted by molar-refractivity contribution is -0.149. The Labute approximate surface area is 151 Å². The van der Waals surface area contributed by atoms with Crippen molar-refractivity contribution in [2.75, 3.05) is 7.11 Å². The van der Waals surface area contributed by atoms with Crippen LogP contribution in [0.15, 0.2) is 36.5 Å². The fraction of sp³-hybridized carbons (Fsp3) is 0.571. The predicted molar refractivity (Wildman–Crippen MR) is 99.0 cm³/mol. The smallest absolute Gasteiger partial charge is 0.316 e. The molecule has 0 aromatic rings. The SMILES string of the molecule is C=CC(=O)CCC(=C)CC/C(C)=C\CC[C@@H]1CCC(=O)[C@H]1C(=O)OC. The molecule has 0 unspecified atom stereocenters. The zero-order chi connectivity index (χ0) is 18.8. The summed E-state index contributed by atoms with van der Waals surface area (Å²) in [7, 11) is 1.34. The van der Waals surface area contributed by atoms with Crippen LogP contribution in [0.25, 0.3) is 0 Å². The molecular weight excluding hydrogens is 316 g/mol. The normalized spacial score (nSPS) is 20.4. The Bertz CT molecular complexity index is 556. The van der Waals surface area contributed by atoms with E-state index < -0.39 is 11.9 Å². The van der Waals surface area contributed by atoms with Gasteiger partial charge in [-0.05, 0) is 57.4 Å². The fourth-order valence-corrected chi connectivity index (χ4v) is 3.22. The molecule has 0 saturated heterocycles. The number of carbonyl (C=O) groups is 3. The molecule has 0 aromatic heterocycles. The monoisotopic (exact) mass is 346 g/mol. The molecule has 1 fully saturated rings. The Morgan fingerprint density at radius 1 is 1.24 bits per heavy atom. The van der Waals surface area contributed by atoms with Crippen molar-refractivity contribution in [3.8, 4) is 0 Å². The molecule has 2 atom stereocenters. The summed E-state index contributed by atoms with van der Waals surface area (Å²) in [5.74, 6) is -0.786. The van der Waals surface area contributed by atoms with E-state index in [1.165, 1.54) is 18.8 Å². The van der Waals surface area contributed by atoms with Crippen LogP contribution in [-0.4, -0.2) is 24.6 Å². The zero-order valence-corrected chi connectivity index (χ0v) is 15.5. The van der Waals surface area contributed by atoms with Crippen LogP contribution in [0, 0.1) is 11.8 Å². The number of hydrogen-bond acceptors (Lipinski definition) is 4. The van der Waals surface area contributed by atoms with E-state index in [4.69, 9.17) is 4.74 Å². The van der Waals surface area contributed by atoms with Crippen molar-refractivity contribution in [3.63, 3.8) is 0 Å². The molecule has 1 aliphatic rings. The van der Waals surface area contributed by atoms with Crippen LogP contribution >= 0.6 is 0 Å². The number of ketones is 2. The van der Waals surface area contributed by atoms with Crippen LogP contribution in [0.1, 0.15) is 58.3 Å². The molecule has 1 aliphatic carbocycles. The van der Waals surface area contributed by atoms with Crippen LogP contribution in [0.4, 0.5) is 0 Å². The van der Waals surface area contributed by atoms with Gasteiger partial charge in [0.05, 0.1) is 7.11 Å². The number of hydrogen-bond donors (Lipinski definition) is 0. The van der Waals surface area contributed by atoms with Gasteiger partial charge in [-0.1, -0.05) is 30.4 Å². The van der Waals surface area contributed by atoms with Crippen molar-refractivity contribution in [1.82, 2.24) is 0 Å². The molecule has 0 bridgehead atoms. The molecule has 0 amide bonds. The first-order chi connectivity index (χ1) is 11.9. The second kappa shape index (κ2) is 10.8. The summed E-state index contributed by atoms with van der Waals surface area (Å²) in [6.45, 7) is 9.57. The number of carbonyl (C=O) groups excluding carboxylic acids is 3. The van der Waals surface area contributed by atoms with Crippen molar-refractivity contribution in [1.29, 1.82) is 0 Å². The first kappa shape index (κ1) is 21.1. The van der Waals surface area contributed by atoms with E-state index in [1.54, 1.807) is 0 Å². The average Bonchev–Trinajstić information content (AvgIpc) is 2.97. The minimum Gasteiger partial charge on any atom is -0.468 e. The van der Waals surface area contributed by atoms with Gasteiger partial charge in [0.2, 0.25) is 0 Å². The third kappa shape index (κ3) is 7.20. The molecule has 1 rings (SSSR count). The summed E-state index contributed by atoms with van der Waals surface area (Å²) >= 11 is 0. The Morgan fingerprint density at radius 3 is 2.56 bits per heavy atom. The van der Waals surface area contributed by atoms with E-state index in [0.29, 0.717) is 19.3 Å². The van der Waals surface area contributed by atoms with Crippen LogP contribution < -0.4 is 0 Å². The van der Waals surface area contributed by atoms with Gasteiger partial charge < -0.3 is 4.74 Å². The number of methoxy groups -OCH3 is 1. The molecule has 0 spiro atoms. The minimum atomic E-state index is -0.569. The highest BCUT2D eigenvalue weighted by molar-refractivity contribution is 6.00. The molecule has 1 saturated carbocycles. The molecule has 4 nitrogen and oxygen atoms in total. The first-order valence-corrected chi connectivity index (χ1v) is 8.97. The van der Waals surface area contributed by atoms with E-state index >= 15 is 0 Å². The van der Waals surface area contributed by atoms with Gasteiger partial charge >= 0.3 is 5.97 Å². The van der Waals surface area contributed by atoms with Crippen molar-refractivity contribution >= 4 is 17.5 Å². The van der Waals surface area contributed by atoms with Gasteiger partial charge in [0.15, 0.2) is 5.78 Å². The Hall–Kier alpha value is -1.97. The maximum Gasteiger partial charge on any atom is 0.316 e. The molecule has 0 aliphatic heterocycles. The van der Waals surface area contributed by atoms with Crippen LogP contribution in [0.2, 0.25) is 0 Å². The second-order valence-electron chi connectivity index (χ2n) is 6.81. The molecular formula is C21H30O4. The Kier molecular flexibility index (Phi) is 9.11. The van der Waals surface area contributed by atoms with E-state index in [0.717, 1.165) is 37.7 Å². The predicted octanol–water partition coefficient (Wildman–Crippen LogP) is 4.35. The van der Waals surface area contributed by atoms with Crippen LogP contribution in [-0.2, 0) is 19.1 Å². The topological polar surface area (TPSA) is 60.4 Å². The van der Waals surface area contributed by atoms with Crippen molar-refractivity contribution in [2.24, 2.45) is 11.8 Å². The van der Waals surface area contributed by atoms with Gasteiger partial charge in [-0.3, -0.25) is 14.4 Å². The lowest BCUT2D eigenvalue weighted by atomic mass is 9.90. The number of ether oxygens (including phenoxy) is 1. The molecule has 0 heterocycles. The highest BCUT2D eigenvalue weighted by Gasteiger charge is 2.40. The van der Waals surface area contributed by atoms with Crippen molar-refractivity contribution in [3.05, 3.63) is 36.5 Å². The molecule has 138 valence electrons. The molecule has 4 heteroatoms. The Morgan fingerprint density at radius 2 is 1.92 bits per heavy atom. The molecule has 0 radical (unpaired) electrons. The lowest BCUT2D eigenvalue weighted by Gasteiger charge is -2.15. The van der Waals surface area contributed by atoms with Crippen LogP contribution in [0.3, 0.4) is 0 Å². The minimum absolute atomic E-state index is 0.0166. The summed E-state index contributed by atoms with van der Waals surface area (Å²) in [5, 5.41) is 0. The number of Topliss-reactive ketones (excluding diaryl/α,β-unsaturated/α-hetero) is 1. The van der Waals surface area contributed by atoms with Crippen LogP contribution in [0.5, 0.6) is 0 Å². The van der Waals surface area contributed by atoms with Gasteiger partial charge in [-0.25, -0.2) is 0 Å². The molecule has 0 aromatic carbocycles. The second-order valence-corrected chi connectivity index (χ2v) is 6.81. The van der Waals surface area contributed by atoms with E-state index in [-0.39, 0.29) is 17.5 Å². The van der Waals surface area contributed by atoms with Gasteiger partial charge in [0, 0.05) is 12.8 Å². The summed E-state index contributed by atoms with van der Waals surface area (Å²) in [6, 6.07) is 0. The molecule has 25 heavy (non-hydrogen) atoms. The third-order valence-corrected chi connectivity index (χ3v) is 4.89. The molecule has 0 N–H and O–H groups in total. The Balaban J connectivity index is 2.34. The highest BCUT2D eigenvalue weighted by atomic mass is 16.5. The van der Waals surface area contributed by atoms with Gasteiger partial charge in [-0.2, -0.15) is 0 Å². The lowest BCUT2D eigenvalue weighted by Crippen LogP contribution is -2.26. The van der Waals surface area contributed by atoms with E-state index in [9.17, 15) is 14.4 Å². The first-order valence-electron chi connectivity index (χ1n) is 8.97. The average molecular weight is 346 g/mol. The maximum atomic E-state index is 11.8. The summed E-state index contributed by atoms with van der Waals surface area (Å²) < 4.78 is 4.76. The van der Waals surface area contributed by atoms with E-state index in [2.05, 4.69) is 26.2 Å². The highest BCUT2D eigenvalue weighted by Crippen LogP contribution is 2.33. The van der Waals surface area contributed by atoms with Gasteiger partial charge in [-0.15, -0.1) is 0 Å². The number of rotatable bonds is 11. The fourth-order valence-electron chi connectivity index (χ4n) is 3.22. The standard InChI is InChI=1S/C21H30O4/c1-5-18(22)13-11-16(3)10-9-15(2)7-6-8-17-12-14-19(23)20(17)21(24)25-4/h5,7,17,20H,1,3,6,8-14H2,2,4H3/b15-7-/t17-,20+/m1/s1. The quantitative estimate of drug-likeness (QED) is 0.241. The van der Waals surface area contributed by atoms with E-state index in [1.807, 2.05) is 0 Å².